The summed E-state index contributed by atoms with van der Waals surface area (Å²) in [5.74, 6) is 0.0546. The number of halogens is 3. The molecule has 0 aromatic heterocycles. The van der Waals surface area contributed by atoms with E-state index in [0.29, 0.717) is 5.92 Å². The summed E-state index contributed by atoms with van der Waals surface area (Å²) in [4.78, 5) is 0. The summed E-state index contributed by atoms with van der Waals surface area (Å²) in [5, 5.41) is 3.33. The van der Waals surface area contributed by atoms with Crippen LogP contribution < -0.4 is 5.32 Å². The van der Waals surface area contributed by atoms with Crippen molar-refractivity contribution in [2.75, 3.05) is 11.9 Å². The van der Waals surface area contributed by atoms with Crippen molar-refractivity contribution in [1.29, 1.82) is 0 Å². The Morgan fingerprint density at radius 3 is 2.12 bits per heavy atom. The first-order chi connectivity index (χ1) is 7.58. The van der Waals surface area contributed by atoms with Crippen LogP contribution in [0.5, 0.6) is 0 Å². The Kier molecular flexibility index (Phi) is 5.36. The third-order valence-electron chi connectivity index (χ3n) is 2.73. The number of hydrogen-bond donors (Lipinski definition) is 1. The predicted molar refractivity (Wildman–Crippen MR) is 69.0 cm³/mol. The van der Waals surface area contributed by atoms with E-state index in [4.69, 9.17) is 23.2 Å². The molecule has 1 aromatic rings. The van der Waals surface area contributed by atoms with Gasteiger partial charge in [0.05, 0.1) is 10.0 Å². The van der Waals surface area contributed by atoms with Crippen molar-refractivity contribution in [3.05, 3.63) is 28.0 Å². The van der Waals surface area contributed by atoms with Crippen molar-refractivity contribution in [2.45, 2.75) is 26.7 Å². The minimum Gasteiger partial charge on any atom is -0.385 e. The molecule has 0 saturated carbocycles. The fourth-order valence-corrected chi connectivity index (χ4v) is 1.98. The Bertz CT molecular complexity index is 328. The van der Waals surface area contributed by atoms with E-state index in [2.05, 4.69) is 19.2 Å². The largest absolute Gasteiger partial charge is 0.385 e. The second-order valence-corrected chi connectivity index (χ2v) is 4.63. The summed E-state index contributed by atoms with van der Waals surface area (Å²) >= 11 is 11.4. The van der Waals surface area contributed by atoms with Gasteiger partial charge in [-0.2, -0.15) is 0 Å². The maximum Gasteiger partial charge on any atom is 0.160 e. The van der Waals surface area contributed by atoms with Gasteiger partial charge in [-0.15, -0.1) is 0 Å². The minimum atomic E-state index is -0.559. The molecule has 0 spiro atoms. The summed E-state index contributed by atoms with van der Waals surface area (Å²) in [6.07, 6.45) is 2.23. The average molecular weight is 264 g/mol. The maximum atomic E-state index is 13.2. The standard InChI is InChI=1S/C12H16Cl2FN/c1-3-8(4-2)7-16-9-5-10(13)12(15)11(14)6-9/h5-6,8,16H,3-4,7H2,1-2H3. The first-order valence-corrected chi connectivity index (χ1v) is 6.22. The van der Waals surface area contributed by atoms with Gasteiger partial charge < -0.3 is 5.32 Å². The Morgan fingerprint density at radius 2 is 1.69 bits per heavy atom. The molecule has 0 heterocycles. The highest BCUT2D eigenvalue weighted by Gasteiger charge is 2.08. The van der Waals surface area contributed by atoms with Crippen LogP contribution in [-0.4, -0.2) is 6.54 Å². The number of anilines is 1. The molecule has 0 fully saturated rings. The third kappa shape index (κ3) is 3.53. The van der Waals surface area contributed by atoms with Crippen LogP contribution in [0.1, 0.15) is 26.7 Å². The topological polar surface area (TPSA) is 12.0 Å². The van der Waals surface area contributed by atoms with Gasteiger partial charge in [-0.05, 0) is 18.1 Å². The van der Waals surface area contributed by atoms with Crippen molar-refractivity contribution < 1.29 is 4.39 Å². The van der Waals surface area contributed by atoms with Gasteiger partial charge >= 0.3 is 0 Å². The molecule has 0 radical (unpaired) electrons. The molecule has 4 heteroatoms. The Labute approximate surface area is 106 Å². The summed E-state index contributed by atoms with van der Waals surface area (Å²) in [6, 6.07) is 3.12. The SMILES string of the molecule is CCC(CC)CNc1cc(Cl)c(F)c(Cl)c1. The smallest absolute Gasteiger partial charge is 0.160 e. The van der Waals surface area contributed by atoms with E-state index >= 15 is 0 Å². The molecule has 0 atom stereocenters. The zero-order chi connectivity index (χ0) is 12.1. The van der Waals surface area contributed by atoms with Crippen LogP contribution >= 0.6 is 23.2 Å². The van der Waals surface area contributed by atoms with E-state index in [-0.39, 0.29) is 10.0 Å². The predicted octanol–water partition coefficient (Wildman–Crippen LogP) is 4.98. The lowest BCUT2D eigenvalue weighted by molar-refractivity contribution is 0.519. The minimum absolute atomic E-state index is 0.0551. The highest BCUT2D eigenvalue weighted by Crippen LogP contribution is 2.27. The van der Waals surface area contributed by atoms with E-state index in [1.54, 1.807) is 12.1 Å². The number of rotatable bonds is 5. The van der Waals surface area contributed by atoms with E-state index in [0.717, 1.165) is 25.1 Å². The zero-order valence-electron chi connectivity index (χ0n) is 9.49. The van der Waals surface area contributed by atoms with Gasteiger partial charge in [-0.3, -0.25) is 0 Å². The molecule has 0 aliphatic heterocycles. The highest BCUT2D eigenvalue weighted by atomic mass is 35.5. The summed E-state index contributed by atoms with van der Waals surface area (Å²) < 4.78 is 13.2. The lowest BCUT2D eigenvalue weighted by atomic mass is 10.0. The molecule has 1 N–H and O–H groups in total. The molecule has 0 amide bonds. The van der Waals surface area contributed by atoms with Gasteiger partial charge in [-0.25, -0.2) is 4.39 Å². The molecule has 0 bridgehead atoms. The molecule has 0 aliphatic carbocycles. The van der Waals surface area contributed by atoms with Gasteiger partial charge in [0.25, 0.3) is 0 Å². The van der Waals surface area contributed by atoms with Gasteiger partial charge in [0.15, 0.2) is 5.82 Å². The van der Waals surface area contributed by atoms with Crippen LogP contribution in [0.2, 0.25) is 10.0 Å². The fourth-order valence-electron chi connectivity index (χ4n) is 1.50. The lowest BCUT2D eigenvalue weighted by Crippen LogP contribution is -2.12. The van der Waals surface area contributed by atoms with Crippen LogP contribution in [0.4, 0.5) is 10.1 Å². The molecular weight excluding hydrogens is 248 g/mol. The van der Waals surface area contributed by atoms with E-state index in [9.17, 15) is 4.39 Å². The quantitative estimate of drug-likeness (QED) is 0.739. The Balaban J connectivity index is 2.68. The summed E-state index contributed by atoms with van der Waals surface area (Å²) in [7, 11) is 0. The fraction of sp³-hybridized carbons (Fsp3) is 0.500. The van der Waals surface area contributed by atoms with Gasteiger partial charge in [0, 0.05) is 12.2 Å². The zero-order valence-corrected chi connectivity index (χ0v) is 11.0. The van der Waals surface area contributed by atoms with Crippen LogP contribution in [-0.2, 0) is 0 Å². The molecule has 16 heavy (non-hydrogen) atoms. The average Bonchev–Trinajstić information content (AvgIpc) is 2.27. The van der Waals surface area contributed by atoms with Crippen molar-refractivity contribution in [2.24, 2.45) is 5.92 Å². The van der Waals surface area contributed by atoms with Gasteiger partial charge in [0.2, 0.25) is 0 Å². The molecular formula is C12H16Cl2FN. The molecule has 0 aliphatic rings. The summed E-state index contributed by atoms with van der Waals surface area (Å²) in [6.45, 7) is 5.16. The molecule has 1 rings (SSSR count). The second-order valence-electron chi connectivity index (χ2n) is 3.82. The maximum absolute atomic E-state index is 13.2. The molecule has 1 aromatic carbocycles. The van der Waals surface area contributed by atoms with Crippen molar-refractivity contribution in [1.82, 2.24) is 0 Å². The first-order valence-electron chi connectivity index (χ1n) is 5.46. The Morgan fingerprint density at radius 1 is 1.19 bits per heavy atom. The van der Waals surface area contributed by atoms with Crippen LogP contribution in [0.25, 0.3) is 0 Å². The van der Waals surface area contributed by atoms with Crippen molar-refractivity contribution >= 4 is 28.9 Å². The third-order valence-corrected chi connectivity index (χ3v) is 3.28. The van der Waals surface area contributed by atoms with Crippen LogP contribution in [0.3, 0.4) is 0 Å². The Hall–Kier alpha value is -0.470. The first kappa shape index (κ1) is 13.6. The normalized spacial score (nSPS) is 10.9. The summed E-state index contributed by atoms with van der Waals surface area (Å²) in [5.41, 5.74) is 0.767. The van der Waals surface area contributed by atoms with Crippen LogP contribution in [0, 0.1) is 11.7 Å². The molecule has 0 unspecified atom stereocenters. The van der Waals surface area contributed by atoms with Gasteiger partial charge in [-0.1, -0.05) is 49.9 Å². The van der Waals surface area contributed by atoms with E-state index < -0.39 is 5.82 Å². The number of nitrogens with one attached hydrogen (secondary N) is 1. The van der Waals surface area contributed by atoms with Crippen molar-refractivity contribution in [3.8, 4) is 0 Å². The van der Waals surface area contributed by atoms with Crippen molar-refractivity contribution in [3.63, 3.8) is 0 Å². The number of hydrogen-bond acceptors (Lipinski definition) is 1. The molecule has 0 saturated heterocycles. The molecule has 90 valence electrons. The molecule has 1 nitrogen and oxygen atoms in total. The lowest BCUT2D eigenvalue weighted by Gasteiger charge is -2.14. The second kappa shape index (κ2) is 6.31. The number of benzene rings is 1. The highest BCUT2D eigenvalue weighted by molar-refractivity contribution is 6.35. The van der Waals surface area contributed by atoms with E-state index in [1.807, 2.05) is 0 Å². The van der Waals surface area contributed by atoms with Gasteiger partial charge in [0.1, 0.15) is 0 Å². The van der Waals surface area contributed by atoms with E-state index in [1.165, 1.54) is 0 Å². The van der Waals surface area contributed by atoms with Crippen LogP contribution in [0.15, 0.2) is 12.1 Å². The monoisotopic (exact) mass is 263 g/mol.